The maximum Gasteiger partial charge on any atom is 0.417 e. The fourth-order valence-electron chi connectivity index (χ4n) is 12.3. The van der Waals surface area contributed by atoms with E-state index in [-0.39, 0.29) is 63.8 Å². The molecular weight excluding hydrogens is 1220 g/mol. The molecule has 3 aliphatic rings. The van der Waals surface area contributed by atoms with Crippen LogP contribution in [-0.2, 0) is 71.8 Å². The van der Waals surface area contributed by atoms with Gasteiger partial charge in [0.2, 0.25) is 65.0 Å². The van der Waals surface area contributed by atoms with E-state index in [9.17, 15) is 56.3 Å². The van der Waals surface area contributed by atoms with Gasteiger partial charge in [0.25, 0.3) is 0 Å². The third kappa shape index (κ3) is 19.4. The molecule has 510 valence electrons. The second-order valence-corrected chi connectivity index (χ2v) is 26.6. The van der Waals surface area contributed by atoms with Crippen LogP contribution in [0.3, 0.4) is 0 Å². The minimum absolute atomic E-state index is 0.0435. The molecule has 92 heavy (non-hydrogen) atoms. The predicted octanol–water partition coefficient (Wildman–Crippen LogP) is 5.14. The van der Waals surface area contributed by atoms with Gasteiger partial charge in [0.05, 0.1) is 30.2 Å². The van der Waals surface area contributed by atoms with Crippen LogP contribution >= 0.6 is 11.6 Å². The Morgan fingerprint density at radius 1 is 0.641 bits per heavy atom. The molecule has 1 saturated carbocycles. The van der Waals surface area contributed by atoms with Crippen molar-refractivity contribution in [3.8, 4) is 0 Å². The number of rotatable bonds is 11. The van der Waals surface area contributed by atoms with Gasteiger partial charge in [0, 0.05) is 67.7 Å². The number of carbonyl (C=O) groups excluding carboxylic acids is 11. The van der Waals surface area contributed by atoms with E-state index in [2.05, 4.69) is 21.3 Å². The average molecular weight is 1310 g/mol. The van der Waals surface area contributed by atoms with Crippen LogP contribution in [0.2, 0.25) is 5.02 Å². The van der Waals surface area contributed by atoms with Crippen molar-refractivity contribution in [1.82, 2.24) is 55.6 Å². The van der Waals surface area contributed by atoms with Crippen LogP contribution in [0.25, 0.3) is 0 Å². The quantitative estimate of drug-likeness (QED) is 0.229. The van der Waals surface area contributed by atoms with Gasteiger partial charge >= 0.3 is 6.18 Å². The second-order valence-electron chi connectivity index (χ2n) is 26.2. The molecule has 0 radical (unpaired) electrons. The zero-order valence-electron chi connectivity index (χ0n) is 56.0. The Morgan fingerprint density at radius 2 is 1.23 bits per heavy atom. The van der Waals surface area contributed by atoms with Gasteiger partial charge in [-0.2, -0.15) is 13.2 Å². The largest absolute Gasteiger partial charge is 0.417 e. The molecule has 0 aromatic heterocycles. The average Bonchev–Trinajstić information content (AvgIpc) is 1.52. The highest BCUT2D eigenvalue weighted by molar-refractivity contribution is 6.31. The first-order valence-corrected chi connectivity index (χ1v) is 32.4. The topological polar surface area (TPSA) is 259 Å². The van der Waals surface area contributed by atoms with Gasteiger partial charge < -0.3 is 55.6 Å². The highest BCUT2D eigenvalue weighted by atomic mass is 35.5. The lowest BCUT2D eigenvalue weighted by molar-refractivity contribution is -0.149. The summed E-state index contributed by atoms with van der Waals surface area (Å²) in [7, 11) is 8.41. The monoisotopic (exact) mass is 1310 g/mol. The number of amides is 11. The molecule has 3 fully saturated rings. The molecule has 1 spiro atoms. The smallest absolute Gasteiger partial charge is 0.351 e. The number of hydrogen-bond donors (Lipinski definition) is 4. The number of fused-ring (bicyclic) bond motifs is 1. The highest BCUT2D eigenvalue weighted by Gasteiger charge is 2.50. The van der Waals surface area contributed by atoms with E-state index >= 15 is 9.59 Å². The number of hydrogen-bond acceptors (Lipinski definition) is 11. The van der Waals surface area contributed by atoms with Gasteiger partial charge in [-0.25, -0.2) is 0 Å². The highest BCUT2D eigenvalue weighted by Crippen LogP contribution is 2.36. The molecule has 1 aliphatic carbocycles. The van der Waals surface area contributed by atoms with Crippen molar-refractivity contribution < 1.29 is 65.9 Å². The number of nitrogens with zero attached hydrogens (tertiary/aromatic N) is 7. The third-order valence-electron chi connectivity index (χ3n) is 18.5. The number of aryl methyl sites for hydroxylation is 2. The Labute approximate surface area is 544 Å². The lowest BCUT2D eigenvalue weighted by Gasteiger charge is -2.40. The lowest BCUT2D eigenvalue weighted by Crippen LogP contribution is -2.64. The van der Waals surface area contributed by atoms with Crippen LogP contribution in [0, 0.1) is 24.7 Å². The standard InChI is InChI=1S/C66H97ClF3N11O11/c1-15-41(6)56-63(91)77(11)37-54(84)75(9)38-55(85)79(13)51(35-45-23-21-40(5)22-24-45)62(90)76(10)36-52(82)72-48(28-26-44-25-27-46(47(67)34-44)66(68,69)70)61(89)81-31-19-20-49(81)59(87)74-65(29-17-18-30-65)64(92)80(14)57(42(7)16-2)60(88)71-43(8)33-53(83)78(12)50(32-39(3)4)58(86)73-56/h21-25,27,34,39,41-43,48-51,56-57H,15-20,26,28-33,35-38H2,1-14H3,(H,71,88)(H,72,82)(H,73,86)(H,74,87)/t41-,42-,43+,48-,49?,50-,51-,56-,57-/m0/s1. The molecule has 2 aromatic rings. The van der Waals surface area contributed by atoms with Crippen LogP contribution in [0.1, 0.15) is 141 Å². The van der Waals surface area contributed by atoms with Gasteiger partial charge in [-0.1, -0.05) is 115 Å². The van der Waals surface area contributed by atoms with Gasteiger partial charge in [-0.05, 0) is 99.8 Å². The van der Waals surface area contributed by atoms with E-state index in [1.54, 1.807) is 32.9 Å². The lowest BCUT2D eigenvalue weighted by atomic mass is 9.90. The first-order chi connectivity index (χ1) is 43.0. The Balaban J connectivity index is 1.57. The first-order valence-electron chi connectivity index (χ1n) is 32.0. The summed E-state index contributed by atoms with van der Waals surface area (Å²) < 4.78 is 41.3. The van der Waals surface area contributed by atoms with E-state index < -0.39 is 161 Å². The number of halogens is 4. The molecule has 0 bridgehead atoms. The summed E-state index contributed by atoms with van der Waals surface area (Å²) in [5, 5.41) is 11.0. The van der Waals surface area contributed by atoms with Crippen LogP contribution < -0.4 is 21.3 Å². The van der Waals surface area contributed by atoms with Crippen molar-refractivity contribution in [1.29, 1.82) is 0 Å². The minimum atomic E-state index is -4.75. The number of carbonyl (C=O) groups is 11. The van der Waals surface area contributed by atoms with E-state index in [0.717, 1.165) is 37.3 Å². The Kier molecular flexibility index (Phi) is 27.0. The molecule has 2 aliphatic heterocycles. The SMILES string of the molecule is CC[C@H](C)[C@@H]1NC(=O)[C@H](CC(C)C)N(C)C(=O)C[C@@H](C)NC(=O)[C@H]([C@@H](C)CC)N(C)C(=O)C2(CCCC2)NC(=O)C2CCCN2C(=O)[C@H](CCc2ccc(C(F)(F)F)c(Cl)c2)NC(=O)CN(C)C(=O)[C@H](Cc2ccc(C)cc2)N(C)C(=O)CN(C)C(=O)CN(C)C1=O. The fraction of sp³-hybridized carbons (Fsp3) is 0.652. The zero-order chi connectivity index (χ0) is 68.9. The Hall–Kier alpha value is -7.31. The molecule has 1 unspecified atom stereocenters. The summed E-state index contributed by atoms with van der Waals surface area (Å²) >= 11 is 6.11. The summed E-state index contributed by atoms with van der Waals surface area (Å²) in [6, 6.07) is 2.35. The summed E-state index contributed by atoms with van der Waals surface area (Å²) in [4.78, 5) is 168. The summed E-state index contributed by atoms with van der Waals surface area (Å²) in [5.41, 5.74) is -0.722. The maximum atomic E-state index is 15.1. The Bertz CT molecular complexity index is 3000. The summed E-state index contributed by atoms with van der Waals surface area (Å²) in [6.45, 7) is 12.8. The van der Waals surface area contributed by atoms with Crippen molar-refractivity contribution in [3.05, 3.63) is 69.7 Å². The normalized spacial score (nSPS) is 25.1. The predicted molar refractivity (Wildman–Crippen MR) is 341 cm³/mol. The number of likely N-dealkylation sites (N-methyl/N-ethyl adjacent to an activating group) is 6. The molecule has 5 rings (SSSR count). The van der Waals surface area contributed by atoms with Gasteiger partial charge in [-0.3, -0.25) is 52.7 Å². The molecule has 9 atom stereocenters. The minimum Gasteiger partial charge on any atom is -0.351 e. The van der Waals surface area contributed by atoms with E-state index in [0.29, 0.717) is 43.2 Å². The molecular formula is C66H97ClF3N11O11. The van der Waals surface area contributed by atoms with Gasteiger partial charge in [-0.15, -0.1) is 0 Å². The third-order valence-corrected chi connectivity index (χ3v) is 18.8. The molecule has 4 N–H and O–H groups in total. The number of nitrogens with one attached hydrogen (secondary N) is 4. The van der Waals surface area contributed by atoms with Crippen LogP contribution in [0.5, 0.6) is 0 Å². The van der Waals surface area contributed by atoms with Crippen molar-refractivity contribution in [2.24, 2.45) is 17.8 Å². The molecule has 26 heteroatoms. The second kappa shape index (κ2) is 33.0. The van der Waals surface area contributed by atoms with Crippen LogP contribution in [-0.4, -0.2) is 216 Å². The Morgan fingerprint density at radius 3 is 1.82 bits per heavy atom. The molecule has 22 nitrogen and oxygen atoms in total. The van der Waals surface area contributed by atoms with Crippen molar-refractivity contribution in [3.63, 3.8) is 0 Å². The van der Waals surface area contributed by atoms with E-state index in [1.165, 1.54) is 63.1 Å². The van der Waals surface area contributed by atoms with Crippen molar-refractivity contribution >= 4 is 76.6 Å². The van der Waals surface area contributed by atoms with Crippen LogP contribution in [0.4, 0.5) is 13.2 Å². The fourth-order valence-corrected chi connectivity index (χ4v) is 12.6. The molecule has 2 heterocycles. The van der Waals surface area contributed by atoms with Crippen molar-refractivity contribution in [2.75, 3.05) is 68.5 Å². The van der Waals surface area contributed by atoms with Gasteiger partial charge in [0.1, 0.15) is 41.8 Å². The summed E-state index contributed by atoms with van der Waals surface area (Å²) in [6.07, 6.45) is -2.29. The molecule has 11 amide bonds. The number of alkyl halides is 3. The maximum absolute atomic E-state index is 15.1. The van der Waals surface area contributed by atoms with E-state index in [4.69, 9.17) is 11.6 Å². The van der Waals surface area contributed by atoms with Crippen LogP contribution in [0.15, 0.2) is 42.5 Å². The zero-order valence-corrected chi connectivity index (χ0v) is 56.7. The van der Waals surface area contributed by atoms with E-state index in [1.807, 2.05) is 46.8 Å². The molecule has 2 saturated heterocycles. The summed E-state index contributed by atoms with van der Waals surface area (Å²) in [5.74, 6) is -8.10. The first kappa shape index (κ1) is 75.4. The van der Waals surface area contributed by atoms with Crippen molar-refractivity contribution in [2.45, 2.75) is 193 Å². The van der Waals surface area contributed by atoms with Gasteiger partial charge in [0.15, 0.2) is 0 Å². The molecule has 2 aromatic carbocycles. The number of benzene rings is 2.